The molecule has 12 heavy (non-hydrogen) atoms. The molecule has 0 aliphatic heterocycles. The van der Waals surface area contributed by atoms with Crippen molar-refractivity contribution in [2.75, 3.05) is 0 Å². The Hall–Kier alpha value is -0.700. The molecule has 0 fully saturated rings. The highest BCUT2D eigenvalue weighted by Gasteiger charge is 2.16. The Morgan fingerprint density at radius 3 is 2.58 bits per heavy atom. The highest BCUT2D eigenvalue weighted by Crippen LogP contribution is 2.33. The maximum absolute atomic E-state index is 12.0. The first kappa shape index (κ1) is 9.39. The Kier molecular flexibility index (Phi) is 2.62. The molecule has 0 saturated carbocycles. The van der Waals surface area contributed by atoms with Gasteiger partial charge in [-0.1, -0.05) is 12.1 Å². The molecule has 0 bridgehead atoms. The van der Waals surface area contributed by atoms with Crippen molar-refractivity contribution in [3.05, 3.63) is 29.8 Å². The van der Waals surface area contributed by atoms with Gasteiger partial charge in [0.1, 0.15) is 6.67 Å². The number of hydrogen-bond donors (Lipinski definition) is 2. The van der Waals surface area contributed by atoms with Crippen molar-refractivity contribution in [2.24, 2.45) is 0 Å². The van der Waals surface area contributed by atoms with Crippen LogP contribution in [0, 0.1) is 0 Å². The summed E-state index contributed by atoms with van der Waals surface area (Å²) >= 11 is 0. The number of hydrogen-bond acceptors (Lipinski definition) is 1. The fraction of sp³-hybridized carbons (Fsp3) is 0.143. The third-order valence-corrected chi connectivity index (χ3v) is 2.35. The first-order valence-electron chi connectivity index (χ1n) is 3.25. The SMILES string of the molecule is O=P(O)(O)c1cccc(CF)c1. The van der Waals surface area contributed by atoms with E-state index in [0.29, 0.717) is 0 Å². The second kappa shape index (κ2) is 3.35. The normalized spacial score (nSPS) is 11.6. The topological polar surface area (TPSA) is 57.5 Å². The maximum Gasteiger partial charge on any atom is 0.356 e. The van der Waals surface area contributed by atoms with Crippen LogP contribution in [0.1, 0.15) is 5.56 Å². The molecule has 0 unspecified atom stereocenters. The predicted octanol–water partition coefficient (Wildman–Crippen LogP) is 0.959. The largest absolute Gasteiger partial charge is 0.356 e. The molecule has 0 heterocycles. The van der Waals surface area contributed by atoms with Crippen LogP contribution in [0.4, 0.5) is 4.39 Å². The average Bonchev–Trinajstić information content (AvgIpc) is 2.03. The van der Waals surface area contributed by atoms with E-state index in [1.54, 1.807) is 0 Å². The summed E-state index contributed by atoms with van der Waals surface area (Å²) in [5.41, 5.74) is 0.274. The minimum Gasteiger partial charge on any atom is -0.321 e. The lowest BCUT2D eigenvalue weighted by Crippen LogP contribution is -2.03. The van der Waals surface area contributed by atoms with Gasteiger partial charge in [0.05, 0.1) is 5.30 Å². The zero-order valence-electron chi connectivity index (χ0n) is 6.14. The third kappa shape index (κ3) is 2.14. The van der Waals surface area contributed by atoms with Gasteiger partial charge in [-0.2, -0.15) is 0 Å². The molecular weight excluding hydrogens is 182 g/mol. The van der Waals surface area contributed by atoms with Crippen LogP contribution in [0.25, 0.3) is 0 Å². The van der Waals surface area contributed by atoms with E-state index in [-0.39, 0.29) is 10.9 Å². The highest BCUT2D eigenvalue weighted by atomic mass is 31.2. The van der Waals surface area contributed by atoms with Gasteiger partial charge in [-0.05, 0) is 17.7 Å². The van der Waals surface area contributed by atoms with Crippen molar-refractivity contribution in [3.63, 3.8) is 0 Å². The van der Waals surface area contributed by atoms with Gasteiger partial charge >= 0.3 is 7.60 Å². The van der Waals surface area contributed by atoms with Gasteiger partial charge in [-0.3, -0.25) is 4.57 Å². The smallest absolute Gasteiger partial charge is 0.321 e. The molecule has 1 aromatic rings. The van der Waals surface area contributed by atoms with E-state index in [1.165, 1.54) is 24.3 Å². The van der Waals surface area contributed by atoms with E-state index in [2.05, 4.69) is 0 Å². The summed E-state index contributed by atoms with van der Waals surface area (Å²) in [4.78, 5) is 17.4. The zero-order chi connectivity index (χ0) is 9.19. The summed E-state index contributed by atoms with van der Waals surface area (Å²) in [5, 5.41) is -0.141. The van der Waals surface area contributed by atoms with Crippen molar-refractivity contribution in [2.45, 2.75) is 6.67 Å². The molecule has 0 aliphatic rings. The highest BCUT2D eigenvalue weighted by molar-refractivity contribution is 7.60. The fourth-order valence-electron chi connectivity index (χ4n) is 0.821. The summed E-state index contributed by atoms with van der Waals surface area (Å²) in [6, 6.07) is 5.34. The molecule has 0 radical (unpaired) electrons. The van der Waals surface area contributed by atoms with Gasteiger partial charge in [0.2, 0.25) is 0 Å². The van der Waals surface area contributed by atoms with Crippen LogP contribution in [-0.2, 0) is 11.2 Å². The van der Waals surface area contributed by atoms with Crippen LogP contribution >= 0.6 is 7.60 Å². The number of halogens is 1. The fourth-order valence-corrected chi connectivity index (χ4v) is 1.44. The Labute approximate surface area is 69.0 Å². The summed E-state index contributed by atoms with van der Waals surface area (Å²) in [6.07, 6.45) is 0. The molecule has 0 atom stereocenters. The second-order valence-electron chi connectivity index (χ2n) is 2.35. The van der Waals surface area contributed by atoms with Crippen molar-refractivity contribution >= 4 is 12.9 Å². The van der Waals surface area contributed by atoms with Crippen molar-refractivity contribution in [1.82, 2.24) is 0 Å². The minimum atomic E-state index is -4.22. The summed E-state index contributed by atoms with van der Waals surface area (Å²) in [5.74, 6) is 0. The maximum atomic E-state index is 12.0. The standard InChI is InChI=1S/C7H8FO3P/c8-5-6-2-1-3-7(4-6)12(9,10)11/h1-4H,5H2,(H2,9,10,11). The second-order valence-corrected chi connectivity index (χ2v) is 3.95. The molecule has 0 aromatic heterocycles. The van der Waals surface area contributed by atoms with Crippen LogP contribution in [0.5, 0.6) is 0 Å². The average molecular weight is 190 g/mol. The lowest BCUT2D eigenvalue weighted by atomic mass is 10.2. The van der Waals surface area contributed by atoms with E-state index in [9.17, 15) is 8.96 Å². The molecule has 5 heteroatoms. The molecular formula is C7H8FO3P. The Morgan fingerprint density at radius 2 is 2.08 bits per heavy atom. The molecule has 0 amide bonds. The van der Waals surface area contributed by atoms with E-state index in [0.717, 1.165) is 0 Å². The Morgan fingerprint density at radius 1 is 1.42 bits per heavy atom. The number of benzene rings is 1. The molecule has 1 aromatic carbocycles. The van der Waals surface area contributed by atoms with Crippen molar-refractivity contribution < 1.29 is 18.7 Å². The van der Waals surface area contributed by atoms with Gasteiger partial charge in [-0.15, -0.1) is 0 Å². The van der Waals surface area contributed by atoms with Gasteiger partial charge in [0, 0.05) is 0 Å². The Balaban J connectivity index is 3.11. The minimum absolute atomic E-state index is 0.141. The van der Waals surface area contributed by atoms with Crippen LogP contribution in [0.2, 0.25) is 0 Å². The van der Waals surface area contributed by atoms with Gasteiger partial charge in [0.15, 0.2) is 0 Å². The Bertz CT molecular complexity index is 320. The summed E-state index contributed by atoms with van der Waals surface area (Å²) < 4.78 is 22.7. The molecule has 0 saturated heterocycles. The monoisotopic (exact) mass is 190 g/mol. The molecule has 0 aliphatic carbocycles. The first-order valence-corrected chi connectivity index (χ1v) is 4.86. The van der Waals surface area contributed by atoms with E-state index < -0.39 is 14.3 Å². The quantitative estimate of drug-likeness (QED) is 0.683. The van der Waals surface area contributed by atoms with Crippen molar-refractivity contribution in [1.29, 1.82) is 0 Å². The van der Waals surface area contributed by atoms with E-state index in [1.807, 2.05) is 0 Å². The van der Waals surface area contributed by atoms with Gasteiger partial charge in [0.25, 0.3) is 0 Å². The number of alkyl halides is 1. The molecule has 66 valence electrons. The molecule has 1 rings (SSSR count). The summed E-state index contributed by atoms with van der Waals surface area (Å²) in [7, 11) is -4.22. The van der Waals surface area contributed by atoms with Crippen LogP contribution < -0.4 is 5.30 Å². The van der Waals surface area contributed by atoms with Gasteiger partial charge in [-0.25, -0.2) is 4.39 Å². The van der Waals surface area contributed by atoms with Crippen LogP contribution in [0.15, 0.2) is 24.3 Å². The molecule has 0 spiro atoms. The van der Waals surface area contributed by atoms with E-state index in [4.69, 9.17) is 9.79 Å². The third-order valence-electron chi connectivity index (χ3n) is 1.40. The summed E-state index contributed by atoms with van der Waals surface area (Å²) in [6.45, 7) is -0.714. The lowest BCUT2D eigenvalue weighted by molar-refractivity contribution is 0.387. The zero-order valence-corrected chi connectivity index (χ0v) is 7.04. The first-order chi connectivity index (χ1) is 5.54. The van der Waals surface area contributed by atoms with Crippen LogP contribution in [-0.4, -0.2) is 9.79 Å². The number of rotatable bonds is 2. The van der Waals surface area contributed by atoms with E-state index >= 15 is 0 Å². The van der Waals surface area contributed by atoms with Gasteiger partial charge < -0.3 is 9.79 Å². The molecule has 3 nitrogen and oxygen atoms in total. The van der Waals surface area contributed by atoms with Crippen molar-refractivity contribution in [3.8, 4) is 0 Å². The van der Waals surface area contributed by atoms with Crippen LogP contribution in [0.3, 0.4) is 0 Å². The predicted molar refractivity (Wildman–Crippen MR) is 42.9 cm³/mol. The molecule has 2 N–H and O–H groups in total. The lowest BCUT2D eigenvalue weighted by Gasteiger charge is -2.03.